The molecule has 1 aliphatic carbocycles. The number of hydrogen-bond acceptors (Lipinski definition) is 3. The van der Waals surface area contributed by atoms with Crippen molar-refractivity contribution in [3.8, 4) is 5.75 Å². The zero-order valence-electron chi connectivity index (χ0n) is 10.8. The van der Waals surface area contributed by atoms with Crippen molar-refractivity contribution in [3.63, 3.8) is 0 Å². The van der Waals surface area contributed by atoms with Crippen LogP contribution in [0.2, 0.25) is 0 Å². The van der Waals surface area contributed by atoms with Crippen molar-refractivity contribution in [2.24, 2.45) is 0 Å². The Bertz CT molecular complexity index is 392. The minimum Gasteiger partial charge on any atom is -0.497 e. The monoisotopic (exact) mass is 235 g/mol. The van der Waals surface area contributed by atoms with Crippen LogP contribution in [0.25, 0.3) is 0 Å². The van der Waals surface area contributed by atoms with Gasteiger partial charge in [-0.25, -0.2) is 0 Å². The van der Waals surface area contributed by atoms with Gasteiger partial charge in [-0.2, -0.15) is 0 Å². The summed E-state index contributed by atoms with van der Waals surface area (Å²) in [6.07, 6.45) is 2.93. The molecule has 0 spiro atoms. The highest BCUT2D eigenvalue weighted by Crippen LogP contribution is 2.41. The number of hydrogen-bond donors (Lipinski definition) is 1. The summed E-state index contributed by atoms with van der Waals surface area (Å²) < 4.78 is 5.23. The van der Waals surface area contributed by atoms with Crippen LogP contribution in [0.15, 0.2) is 24.3 Å². The zero-order valence-corrected chi connectivity index (χ0v) is 10.8. The highest BCUT2D eigenvalue weighted by atomic mass is 16.5. The van der Waals surface area contributed by atoms with Gasteiger partial charge in [0.05, 0.1) is 7.11 Å². The first-order chi connectivity index (χ1) is 8.08. The van der Waals surface area contributed by atoms with Gasteiger partial charge in [0.2, 0.25) is 0 Å². The smallest absolute Gasteiger partial charge is 0.119 e. The highest BCUT2D eigenvalue weighted by molar-refractivity contribution is 5.34. The van der Waals surface area contributed by atoms with Gasteiger partial charge >= 0.3 is 0 Å². The van der Waals surface area contributed by atoms with E-state index in [9.17, 15) is 5.11 Å². The topological polar surface area (TPSA) is 32.7 Å². The van der Waals surface area contributed by atoms with Gasteiger partial charge < -0.3 is 14.7 Å². The molecule has 0 saturated heterocycles. The van der Waals surface area contributed by atoms with Crippen LogP contribution >= 0.6 is 0 Å². The molecule has 0 radical (unpaired) electrons. The number of aliphatic hydroxyl groups is 1. The predicted molar refractivity (Wildman–Crippen MR) is 68.2 cm³/mol. The fourth-order valence-corrected chi connectivity index (χ4v) is 2.88. The molecule has 1 saturated carbocycles. The first kappa shape index (κ1) is 12.4. The molecule has 1 fully saturated rings. The summed E-state index contributed by atoms with van der Waals surface area (Å²) in [6.45, 7) is 0. The summed E-state index contributed by atoms with van der Waals surface area (Å²) in [5.74, 6) is 0.806. The third-order valence-corrected chi connectivity index (χ3v) is 3.78. The van der Waals surface area contributed by atoms with Crippen molar-refractivity contribution in [3.05, 3.63) is 29.8 Å². The second kappa shape index (κ2) is 4.67. The number of likely N-dealkylation sites (N-methyl/N-ethyl adjacent to an activating group) is 1. The Morgan fingerprint density at radius 2 is 2.18 bits per heavy atom. The van der Waals surface area contributed by atoms with Gasteiger partial charge in [0, 0.05) is 6.04 Å². The van der Waals surface area contributed by atoms with E-state index in [2.05, 4.69) is 4.90 Å². The first-order valence-corrected chi connectivity index (χ1v) is 6.11. The Kier molecular flexibility index (Phi) is 3.40. The van der Waals surface area contributed by atoms with Crippen LogP contribution in [-0.2, 0) is 5.60 Å². The van der Waals surface area contributed by atoms with Crippen molar-refractivity contribution in [2.45, 2.75) is 30.9 Å². The van der Waals surface area contributed by atoms with Gasteiger partial charge in [0.1, 0.15) is 11.4 Å². The molecular formula is C14H21NO2. The molecule has 1 aromatic rings. The lowest BCUT2D eigenvalue weighted by molar-refractivity contribution is -0.0176. The molecule has 0 bridgehead atoms. The molecular weight excluding hydrogens is 214 g/mol. The number of methoxy groups -OCH3 is 1. The molecule has 2 rings (SSSR count). The van der Waals surface area contributed by atoms with Crippen LogP contribution in [0.5, 0.6) is 5.75 Å². The summed E-state index contributed by atoms with van der Waals surface area (Å²) in [7, 11) is 5.71. The Balaban J connectivity index is 2.36. The number of ether oxygens (including phenoxy) is 1. The Labute approximate surface area is 103 Å². The van der Waals surface area contributed by atoms with Crippen LogP contribution in [0, 0.1) is 0 Å². The fraction of sp³-hybridized carbons (Fsp3) is 0.571. The van der Waals surface area contributed by atoms with Gasteiger partial charge in [-0.05, 0) is 51.1 Å². The molecule has 0 aliphatic heterocycles. The molecule has 0 aromatic heterocycles. The standard InChI is InChI=1S/C14H21NO2/c1-15(2)13-8-5-9-14(13,16)11-6-4-7-12(10-11)17-3/h4,6-7,10,13,16H,5,8-9H2,1-3H3/t13-,14?/m0/s1. The third-order valence-electron chi connectivity index (χ3n) is 3.78. The van der Waals surface area contributed by atoms with E-state index in [-0.39, 0.29) is 6.04 Å². The van der Waals surface area contributed by atoms with Gasteiger partial charge in [0.25, 0.3) is 0 Å². The molecule has 1 unspecified atom stereocenters. The van der Waals surface area contributed by atoms with Crippen LogP contribution in [0.1, 0.15) is 24.8 Å². The van der Waals surface area contributed by atoms with E-state index in [1.54, 1.807) is 7.11 Å². The maximum Gasteiger partial charge on any atom is 0.119 e. The van der Waals surface area contributed by atoms with E-state index in [1.165, 1.54) is 0 Å². The third kappa shape index (κ3) is 2.17. The Morgan fingerprint density at radius 3 is 2.82 bits per heavy atom. The van der Waals surface area contributed by atoms with Crippen LogP contribution in [-0.4, -0.2) is 37.3 Å². The van der Waals surface area contributed by atoms with Gasteiger partial charge in [-0.3, -0.25) is 0 Å². The summed E-state index contributed by atoms with van der Waals surface area (Å²) in [4.78, 5) is 2.12. The molecule has 2 atom stereocenters. The van der Waals surface area contributed by atoms with Gasteiger partial charge in [-0.15, -0.1) is 0 Å². The summed E-state index contributed by atoms with van der Waals surface area (Å²) in [6, 6.07) is 7.98. The quantitative estimate of drug-likeness (QED) is 0.869. The molecule has 1 aromatic carbocycles. The van der Waals surface area contributed by atoms with E-state index in [4.69, 9.17) is 4.74 Å². The van der Waals surface area contributed by atoms with Crippen LogP contribution in [0.3, 0.4) is 0 Å². The van der Waals surface area contributed by atoms with E-state index in [1.807, 2.05) is 38.4 Å². The lowest BCUT2D eigenvalue weighted by Gasteiger charge is -2.35. The molecule has 0 amide bonds. The van der Waals surface area contributed by atoms with Crippen LogP contribution in [0.4, 0.5) is 0 Å². The van der Waals surface area contributed by atoms with Gasteiger partial charge in [0.15, 0.2) is 0 Å². The molecule has 3 nitrogen and oxygen atoms in total. The number of benzene rings is 1. The summed E-state index contributed by atoms with van der Waals surface area (Å²) in [5.41, 5.74) is 0.228. The lowest BCUT2D eigenvalue weighted by atomic mass is 9.88. The maximum atomic E-state index is 10.9. The van der Waals surface area contributed by atoms with Crippen molar-refractivity contribution in [1.29, 1.82) is 0 Å². The number of rotatable bonds is 3. The van der Waals surface area contributed by atoms with E-state index >= 15 is 0 Å². The van der Waals surface area contributed by atoms with Crippen LogP contribution < -0.4 is 4.74 Å². The molecule has 3 heteroatoms. The summed E-state index contributed by atoms with van der Waals surface area (Å²) >= 11 is 0. The van der Waals surface area contributed by atoms with E-state index < -0.39 is 5.60 Å². The van der Waals surface area contributed by atoms with Crippen molar-refractivity contribution < 1.29 is 9.84 Å². The second-order valence-corrected chi connectivity index (χ2v) is 5.03. The maximum absolute atomic E-state index is 10.9. The number of nitrogens with zero attached hydrogens (tertiary/aromatic N) is 1. The lowest BCUT2D eigenvalue weighted by Crippen LogP contribution is -2.43. The first-order valence-electron chi connectivity index (χ1n) is 6.11. The zero-order chi connectivity index (χ0) is 12.5. The second-order valence-electron chi connectivity index (χ2n) is 5.03. The SMILES string of the molecule is COc1cccc(C2(O)CCC[C@@H]2N(C)C)c1. The molecule has 17 heavy (non-hydrogen) atoms. The molecule has 1 N–H and O–H groups in total. The normalized spacial score (nSPS) is 28.6. The van der Waals surface area contributed by atoms with Gasteiger partial charge in [-0.1, -0.05) is 12.1 Å². The van der Waals surface area contributed by atoms with E-state index in [0.717, 1.165) is 30.6 Å². The molecule has 0 heterocycles. The van der Waals surface area contributed by atoms with Crippen molar-refractivity contribution in [1.82, 2.24) is 4.90 Å². The average molecular weight is 235 g/mol. The minimum absolute atomic E-state index is 0.189. The van der Waals surface area contributed by atoms with Crippen molar-refractivity contribution in [2.75, 3.05) is 21.2 Å². The average Bonchev–Trinajstić information content (AvgIpc) is 2.73. The molecule has 1 aliphatic rings. The summed E-state index contributed by atoms with van der Waals surface area (Å²) in [5, 5.41) is 10.9. The Hall–Kier alpha value is -1.06. The molecule has 94 valence electrons. The largest absolute Gasteiger partial charge is 0.497 e. The van der Waals surface area contributed by atoms with E-state index in [0.29, 0.717) is 0 Å². The van der Waals surface area contributed by atoms with Crippen molar-refractivity contribution >= 4 is 0 Å². The minimum atomic E-state index is -0.738. The predicted octanol–water partition coefficient (Wildman–Crippen LogP) is 2.00. The Morgan fingerprint density at radius 1 is 1.41 bits per heavy atom. The highest BCUT2D eigenvalue weighted by Gasteiger charge is 2.43. The fourth-order valence-electron chi connectivity index (χ4n) is 2.88.